The first kappa shape index (κ1) is 14.0. The van der Waals surface area contributed by atoms with E-state index < -0.39 is 5.60 Å². The summed E-state index contributed by atoms with van der Waals surface area (Å²) < 4.78 is 0. The van der Waals surface area contributed by atoms with Gasteiger partial charge in [0.05, 0.1) is 5.60 Å². The van der Waals surface area contributed by atoms with Gasteiger partial charge < -0.3 is 10.4 Å². The van der Waals surface area contributed by atoms with E-state index in [0.29, 0.717) is 6.04 Å². The van der Waals surface area contributed by atoms with Crippen molar-refractivity contribution in [1.82, 2.24) is 5.32 Å². The first-order valence-corrected chi connectivity index (χ1v) is 7.05. The lowest BCUT2D eigenvalue weighted by atomic mass is 9.78. The molecule has 1 fully saturated rings. The SMILES string of the molecule is CCCC(C)NCC1(O)CCC(CC)CC1. The normalized spacial score (nSPS) is 32.6. The first-order valence-electron chi connectivity index (χ1n) is 7.05. The predicted octanol–water partition coefficient (Wildman–Crippen LogP) is 3.10. The van der Waals surface area contributed by atoms with Crippen LogP contribution in [0, 0.1) is 5.92 Å². The van der Waals surface area contributed by atoms with Gasteiger partial charge in [-0.15, -0.1) is 0 Å². The Labute approximate surface area is 101 Å². The average molecular weight is 227 g/mol. The first-order chi connectivity index (χ1) is 7.59. The quantitative estimate of drug-likeness (QED) is 0.731. The van der Waals surface area contributed by atoms with Gasteiger partial charge in [0.2, 0.25) is 0 Å². The zero-order valence-corrected chi connectivity index (χ0v) is 11.3. The fourth-order valence-corrected chi connectivity index (χ4v) is 2.70. The molecule has 0 aromatic carbocycles. The lowest BCUT2D eigenvalue weighted by Gasteiger charge is -2.36. The van der Waals surface area contributed by atoms with E-state index >= 15 is 0 Å². The summed E-state index contributed by atoms with van der Waals surface area (Å²) in [6.45, 7) is 7.46. The van der Waals surface area contributed by atoms with Crippen molar-refractivity contribution in [2.24, 2.45) is 5.92 Å². The van der Waals surface area contributed by atoms with E-state index in [2.05, 4.69) is 26.1 Å². The maximum absolute atomic E-state index is 10.4. The van der Waals surface area contributed by atoms with Gasteiger partial charge in [0.1, 0.15) is 0 Å². The van der Waals surface area contributed by atoms with E-state index in [-0.39, 0.29) is 0 Å². The van der Waals surface area contributed by atoms with Crippen molar-refractivity contribution in [1.29, 1.82) is 0 Å². The van der Waals surface area contributed by atoms with E-state index in [1.54, 1.807) is 0 Å². The zero-order valence-electron chi connectivity index (χ0n) is 11.3. The molecule has 2 nitrogen and oxygen atoms in total. The van der Waals surface area contributed by atoms with Crippen molar-refractivity contribution in [2.45, 2.75) is 77.4 Å². The Morgan fingerprint density at radius 1 is 1.31 bits per heavy atom. The molecular formula is C14H29NO. The number of hydrogen-bond acceptors (Lipinski definition) is 2. The van der Waals surface area contributed by atoms with E-state index in [1.165, 1.54) is 32.1 Å². The molecule has 2 N–H and O–H groups in total. The Morgan fingerprint density at radius 2 is 1.94 bits per heavy atom. The summed E-state index contributed by atoms with van der Waals surface area (Å²) in [6.07, 6.45) is 8.07. The predicted molar refractivity (Wildman–Crippen MR) is 69.6 cm³/mol. The van der Waals surface area contributed by atoms with Gasteiger partial charge in [-0.05, 0) is 44.9 Å². The van der Waals surface area contributed by atoms with E-state index in [4.69, 9.17) is 0 Å². The summed E-state index contributed by atoms with van der Waals surface area (Å²) in [5, 5.41) is 13.9. The maximum atomic E-state index is 10.4. The Kier molecular flexibility index (Phi) is 5.77. The molecule has 0 aromatic heterocycles. The second-order valence-corrected chi connectivity index (χ2v) is 5.65. The highest BCUT2D eigenvalue weighted by Gasteiger charge is 2.32. The second kappa shape index (κ2) is 6.61. The molecule has 1 unspecified atom stereocenters. The molecule has 1 rings (SSSR count). The molecule has 0 bridgehead atoms. The molecule has 1 aliphatic carbocycles. The summed E-state index contributed by atoms with van der Waals surface area (Å²) in [6, 6.07) is 0.540. The molecule has 0 aliphatic heterocycles. The Morgan fingerprint density at radius 3 is 2.44 bits per heavy atom. The average Bonchev–Trinajstić information content (AvgIpc) is 2.28. The van der Waals surface area contributed by atoms with Gasteiger partial charge in [0.15, 0.2) is 0 Å². The van der Waals surface area contributed by atoms with Gasteiger partial charge in [0.25, 0.3) is 0 Å². The van der Waals surface area contributed by atoms with Gasteiger partial charge in [-0.2, -0.15) is 0 Å². The molecule has 0 spiro atoms. The Balaban J connectivity index is 2.25. The fraction of sp³-hybridized carbons (Fsp3) is 1.00. The standard InChI is InChI=1S/C14H29NO/c1-4-6-12(3)15-11-14(16)9-7-13(5-2)8-10-14/h12-13,15-16H,4-11H2,1-3H3. The van der Waals surface area contributed by atoms with Crippen LogP contribution in [0.25, 0.3) is 0 Å². The Hall–Kier alpha value is -0.0800. The minimum atomic E-state index is -0.423. The van der Waals surface area contributed by atoms with Crippen molar-refractivity contribution in [3.05, 3.63) is 0 Å². The molecule has 1 atom stereocenters. The monoisotopic (exact) mass is 227 g/mol. The molecule has 96 valence electrons. The lowest BCUT2D eigenvalue weighted by Crippen LogP contribution is -2.46. The number of nitrogens with one attached hydrogen (secondary N) is 1. The summed E-state index contributed by atoms with van der Waals surface area (Å²) >= 11 is 0. The molecule has 0 saturated heterocycles. The number of aliphatic hydroxyl groups is 1. The van der Waals surface area contributed by atoms with Crippen LogP contribution in [0.5, 0.6) is 0 Å². The molecule has 1 aliphatic rings. The minimum Gasteiger partial charge on any atom is -0.389 e. The van der Waals surface area contributed by atoms with Crippen molar-refractivity contribution in [3.63, 3.8) is 0 Å². The van der Waals surface area contributed by atoms with Crippen LogP contribution >= 0.6 is 0 Å². The van der Waals surface area contributed by atoms with Crippen molar-refractivity contribution >= 4 is 0 Å². The highest BCUT2D eigenvalue weighted by molar-refractivity contribution is 4.87. The third-order valence-electron chi connectivity index (χ3n) is 4.11. The zero-order chi connectivity index (χ0) is 12.0. The smallest absolute Gasteiger partial charge is 0.0771 e. The molecule has 0 radical (unpaired) electrons. The third-order valence-corrected chi connectivity index (χ3v) is 4.11. The topological polar surface area (TPSA) is 32.3 Å². The van der Waals surface area contributed by atoms with Crippen LogP contribution in [0.3, 0.4) is 0 Å². The van der Waals surface area contributed by atoms with Crippen molar-refractivity contribution in [2.75, 3.05) is 6.54 Å². The molecule has 0 aromatic rings. The highest BCUT2D eigenvalue weighted by Crippen LogP contribution is 2.33. The maximum Gasteiger partial charge on any atom is 0.0771 e. The third kappa shape index (κ3) is 4.42. The van der Waals surface area contributed by atoms with Crippen molar-refractivity contribution < 1.29 is 5.11 Å². The molecule has 0 amide bonds. The summed E-state index contributed by atoms with van der Waals surface area (Å²) in [5.41, 5.74) is -0.423. The highest BCUT2D eigenvalue weighted by atomic mass is 16.3. The second-order valence-electron chi connectivity index (χ2n) is 5.65. The van der Waals surface area contributed by atoms with Crippen LogP contribution in [0.1, 0.15) is 65.7 Å². The number of rotatable bonds is 6. The summed E-state index contributed by atoms with van der Waals surface area (Å²) in [4.78, 5) is 0. The lowest BCUT2D eigenvalue weighted by molar-refractivity contribution is -0.0104. The van der Waals surface area contributed by atoms with E-state index in [0.717, 1.165) is 25.3 Å². The van der Waals surface area contributed by atoms with Gasteiger partial charge >= 0.3 is 0 Å². The van der Waals surface area contributed by atoms with Gasteiger partial charge in [-0.3, -0.25) is 0 Å². The van der Waals surface area contributed by atoms with E-state index in [1.807, 2.05) is 0 Å². The minimum absolute atomic E-state index is 0.423. The van der Waals surface area contributed by atoms with Gasteiger partial charge in [-0.1, -0.05) is 26.7 Å². The molecular weight excluding hydrogens is 198 g/mol. The van der Waals surface area contributed by atoms with Crippen LogP contribution in [-0.4, -0.2) is 23.3 Å². The van der Waals surface area contributed by atoms with Crippen LogP contribution < -0.4 is 5.32 Å². The number of hydrogen-bond donors (Lipinski definition) is 2. The fourth-order valence-electron chi connectivity index (χ4n) is 2.70. The van der Waals surface area contributed by atoms with Crippen LogP contribution in [0.4, 0.5) is 0 Å². The molecule has 16 heavy (non-hydrogen) atoms. The van der Waals surface area contributed by atoms with Crippen LogP contribution in [-0.2, 0) is 0 Å². The van der Waals surface area contributed by atoms with Gasteiger partial charge in [-0.25, -0.2) is 0 Å². The van der Waals surface area contributed by atoms with Gasteiger partial charge in [0, 0.05) is 12.6 Å². The molecule has 1 saturated carbocycles. The van der Waals surface area contributed by atoms with Crippen LogP contribution in [0.15, 0.2) is 0 Å². The Bertz CT molecular complexity index is 185. The summed E-state index contributed by atoms with van der Waals surface area (Å²) in [5.74, 6) is 0.855. The molecule has 0 heterocycles. The molecule has 2 heteroatoms. The van der Waals surface area contributed by atoms with E-state index in [9.17, 15) is 5.11 Å². The summed E-state index contributed by atoms with van der Waals surface area (Å²) in [7, 11) is 0. The largest absolute Gasteiger partial charge is 0.389 e. The van der Waals surface area contributed by atoms with Crippen molar-refractivity contribution in [3.8, 4) is 0 Å². The van der Waals surface area contributed by atoms with Crippen LogP contribution in [0.2, 0.25) is 0 Å².